The molecule has 1 aromatic carbocycles. The van der Waals surface area contributed by atoms with E-state index in [1.807, 2.05) is 0 Å². The number of rotatable bonds is 4. The Balaban J connectivity index is 3.23. The molecule has 1 rings (SSSR count). The molecule has 0 radical (unpaired) electrons. The number of ketones is 1. The highest BCUT2D eigenvalue weighted by atomic mass is 79.9. The van der Waals surface area contributed by atoms with E-state index >= 15 is 0 Å². The molecule has 6 heteroatoms. The molecule has 0 amide bonds. The fraction of sp³-hybridized carbons (Fsp3) is 0.200. The third-order valence-corrected chi connectivity index (χ3v) is 2.45. The van der Waals surface area contributed by atoms with E-state index in [9.17, 15) is 4.79 Å². The van der Waals surface area contributed by atoms with Crippen molar-refractivity contribution < 1.29 is 19.5 Å². The number of hydrogen-bond acceptors (Lipinski definition) is 5. The monoisotopic (exact) mass is 287 g/mol. The molecule has 0 aliphatic heterocycles. The van der Waals surface area contributed by atoms with Gasteiger partial charge in [-0.25, -0.2) is 0 Å². The maximum absolute atomic E-state index is 11.8. The van der Waals surface area contributed by atoms with Crippen LogP contribution >= 0.6 is 15.9 Å². The molecule has 86 valence electrons. The molecule has 0 saturated carbocycles. The number of carbonyl (C=O) groups is 1. The average molecular weight is 288 g/mol. The minimum atomic E-state index is -0.488. The van der Waals surface area contributed by atoms with E-state index in [4.69, 9.17) is 14.7 Å². The molecule has 0 fully saturated rings. The van der Waals surface area contributed by atoms with Crippen molar-refractivity contribution in [1.82, 2.24) is 0 Å². The standard InChI is InChI=1S/C10H10BrNO4/c1-15-6-3-4-8(16-2)7(5-6)9(13)10(11)12-14/h3-5,14H,1-2H3. The first-order chi connectivity index (χ1) is 7.63. The predicted octanol–water partition coefficient (Wildman–Crippen LogP) is 2.07. The van der Waals surface area contributed by atoms with E-state index in [1.165, 1.54) is 20.3 Å². The Morgan fingerprint density at radius 2 is 2.06 bits per heavy atom. The van der Waals surface area contributed by atoms with Crippen LogP contribution in [-0.2, 0) is 0 Å². The highest BCUT2D eigenvalue weighted by Crippen LogP contribution is 2.25. The molecule has 0 atom stereocenters. The van der Waals surface area contributed by atoms with Gasteiger partial charge in [-0.05, 0) is 34.1 Å². The zero-order chi connectivity index (χ0) is 12.1. The molecule has 0 heterocycles. The van der Waals surface area contributed by atoms with Crippen LogP contribution < -0.4 is 9.47 Å². The molecule has 16 heavy (non-hydrogen) atoms. The normalized spacial score (nSPS) is 11.1. The minimum absolute atomic E-state index is 0.195. The number of oxime groups is 1. The molecular weight excluding hydrogens is 278 g/mol. The van der Waals surface area contributed by atoms with Crippen molar-refractivity contribution in [2.24, 2.45) is 5.16 Å². The van der Waals surface area contributed by atoms with Crippen LogP contribution in [0, 0.1) is 0 Å². The van der Waals surface area contributed by atoms with Crippen LogP contribution in [0.25, 0.3) is 0 Å². The van der Waals surface area contributed by atoms with Crippen molar-refractivity contribution in [3.63, 3.8) is 0 Å². The summed E-state index contributed by atoms with van der Waals surface area (Å²) in [6.45, 7) is 0. The van der Waals surface area contributed by atoms with Crippen molar-refractivity contribution in [2.45, 2.75) is 0 Å². The van der Waals surface area contributed by atoms with Crippen molar-refractivity contribution in [3.05, 3.63) is 23.8 Å². The Kier molecular flexibility index (Phi) is 4.30. The summed E-state index contributed by atoms with van der Waals surface area (Å²) in [7, 11) is 2.94. The van der Waals surface area contributed by atoms with Gasteiger partial charge in [-0.2, -0.15) is 0 Å². The Morgan fingerprint density at radius 3 is 2.56 bits per heavy atom. The summed E-state index contributed by atoms with van der Waals surface area (Å²) in [5, 5.41) is 11.3. The van der Waals surface area contributed by atoms with Gasteiger partial charge in [-0.3, -0.25) is 4.79 Å². The maximum atomic E-state index is 11.8. The molecule has 0 saturated heterocycles. The number of methoxy groups -OCH3 is 2. The second-order valence-electron chi connectivity index (χ2n) is 2.79. The summed E-state index contributed by atoms with van der Waals surface area (Å²) in [4.78, 5) is 11.8. The van der Waals surface area contributed by atoms with Crippen molar-refractivity contribution >= 4 is 26.3 Å². The van der Waals surface area contributed by atoms with Crippen LogP contribution in [0.2, 0.25) is 0 Å². The SMILES string of the molecule is COc1ccc(OC)c(C(=O)C(Br)=NO)c1. The molecule has 5 nitrogen and oxygen atoms in total. The Bertz CT molecular complexity index is 431. The molecule has 0 bridgehead atoms. The van der Waals surface area contributed by atoms with Gasteiger partial charge in [-0.1, -0.05) is 5.16 Å². The maximum Gasteiger partial charge on any atom is 0.225 e. The van der Waals surface area contributed by atoms with Crippen LogP contribution in [0.3, 0.4) is 0 Å². The largest absolute Gasteiger partial charge is 0.497 e. The molecular formula is C10H10BrNO4. The molecule has 1 N–H and O–H groups in total. The molecule has 0 aliphatic rings. The Morgan fingerprint density at radius 1 is 1.38 bits per heavy atom. The molecule has 0 aromatic heterocycles. The lowest BCUT2D eigenvalue weighted by Gasteiger charge is -2.08. The van der Waals surface area contributed by atoms with Crippen LogP contribution in [-0.4, -0.2) is 29.8 Å². The summed E-state index contributed by atoms with van der Waals surface area (Å²) in [6, 6.07) is 4.77. The van der Waals surface area contributed by atoms with Gasteiger partial charge in [0.25, 0.3) is 0 Å². The first-order valence-electron chi connectivity index (χ1n) is 4.28. The number of carbonyl (C=O) groups excluding carboxylic acids is 1. The zero-order valence-electron chi connectivity index (χ0n) is 8.73. The lowest BCUT2D eigenvalue weighted by atomic mass is 10.1. The Labute approximate surface area is 101 Å². The third-order valence-electron chi connectivity index (χ3n) is 1.93. The van der Waals surface area contributed by atoms with Crippen molar-refractivity contribution in [1.29, 1.82) is 0 Å². The summed E-state index contributed by atoms with van der Waals surface area (Å²) in [5.74, 6) is 0.409. The lowest BCUT2D eigenvalue weighted by molar-refractivity contribution is 0.106. The summed E-state index contributed by atoms with van der Waals surface area (Å²) in [5.41, 5.74) is 0.256. The first kappa shape index (κ1) is 12.5. The van der Waals surface area contributed by atoms with Crippen molar-refractivity contribution in [3.8, 4) is 11.5 Å². The van der Waals surface area contributed by atoms with E-state index in [-0.39, 0.29) is 10.2 Å². The second-order valence-corrected chi connectivity index (χ2v) is 3.54. The number of hydrogen-bond donors (Lipinski definition) is 1. The topological polar surface area (TPSA) is 68.1 Å². The fourth-order valence-electron chi connectivity index (χ4n) is 1.15. The third kappa shape index (κ3) is 2.52. The molecule has 0 spiro atoms. The molecule has 0 unspecified atom stereocenters. The lowest BCUT2D eigenvalue weighted by Crippen LogP contribution is -2.09. The van der Waals surface area contributed by atoms with Gasteiger partial charge in [0, 0.05) is 0 Å². The van der Waals surface area contributed by atoms with E-state index in [2.05, 4.69) is 21.1 Å². The van der Waals surface area contributed by atoms with Gasteiger partial charge >= 0.3 is 0 Å². The Hall–Kier alpha value is -1.56. The number of benzene rings is 1. The average Bonchev–Trinajstić information content (AvgIpc) is 2.35. The number of halogens is 1. The number of ether oxygens (including phenoxy) is 2. The summed E-state index contributed by atoms with van der Waals surface area (Å²) in [6.07, 6.45) is 0. The van der Waals surface area contributed by atoms with E-state index in [1.54, 1.807) is 12.1 Å². The van der Waals surface area contributed by atoms with Gasteiger partial charge in [-0.15, -0.1) is 0 Å². The van der Waals surface area contributed by atoms with E-state index < -0.39 is 5.78 Å². The zero-order valence-corrected chi connectivity index (χ0v) is 10.3. The quantitative estimate of drug-likeness (QED) is 0.398. The number of nitrogens with zero attached hydrogens (tertiary/aromatic N) is 1. The van der Waals surface area contributed by atoms with Gasteiger partial charge < -0.3 is 14.7 Å². The fourth-order valence-corrected chi connectivity index (χ4v) is 1.36. The van der Waals surface area contributed by atoms with Gasteiger partial charge in [0.1, 0.15) is 11.5 Å². The van der Waals surface area contributed by atoms with Gasteiger partial charge in [0.15, 0.2) is 4.62 Å². The minimum Gasteiger partial charge on any atom is -0.497 e. The van der Waals surface area contributed by atoms with Crippen LogP contribution in [0.1, 0.15) is 10.4 Å². The van der Waals surface area contributed by atoms with Gasteiger partial charge in [0.05, 0.1) is 19.8 Å². The van der Waals surface area contributed by atoms with Crippen LogP contribution in [0.5, 0.6) is 11.5 Å². The number of Topliss-reactive ketones (excluding diaryl/α,β-unsaturated/α-hetero) is 1. The van der Waals surface area contributed by atoms with E-state index in [0.717, 1.165) is 0 Å². The van der Waals surface area contributed by atoms with Gasteiger partial charge in [0.2, 0.25) is 5.78 Å². The second kappa shape index (κ2) is 5.50. The highest BCUT2D eigenvalue weighted by molar-refractivity contribution is 9.19. The summed E-state index contributed by atoms with van der Waals surface area (Å²) >= 11 is 2.84. The molecule has 0 aliphatic carbocycles. The predicted molar refractivity (Wildman–Crippen MR) is 62.0 cm³/mol. The van der Waals surface area contributed by atoms with Crippen LogP contribution in [0.15, 0.2) is 23.4 Å². The van der Waals surface area contributed by atoms with Crippen molar-refractivity contribution in [2.75, 3.05) is 14.2 Å². The molecule has 1 aromatic rings. The highest BCUT2D eigenvalue weighted by Gasteiger charge is 2.17. The first-order valence-corrected chi connectivity index (χ1v) is 5.07. The smallest absolute Gasteiger partial charge is 0.225 e. The van der Waals surface area contributed by atoms with Crippen LogP contribution in [0.4, 0.5) is 0 Å². The van der Waals surface area contributed by atoms with E-state index in [0.29, 0.717) is 11.5 Å². The summed E-state index contributed by atoms with van der Waals surface area (Å²) < 4.78 is 9.82.